The van der Waals surface area contributed by atoms with Crippen molar-refractivity contribution in [2.75, 3.05) is 25.2 Å². The average molecular weight is 641 g/mol. The molecule has 0 heterocycles. The van der Waals surface area contributed by atoms with Gasteiger partial charge in [0.1, 0.15) is 24.0 Å². The van der Waals surface area contributed by atoms with Crippen LogP contribution in [0.2, 0.25) is 0 Å². The molecule has 232 valence electrons. The molecule has 0 saturated carbocycles. The normalized spacial score (nSPS) is 11.9. The van der Waals surface area contributed by atoms with Gasteiger partial charge < -0.3 is 24.7 Å². The molecule has 0 aliphatic carbocycles. The Morgan fingerprint density at radius 1 is 1.09 bits per heavy atom. The largest absolute Gasteiger partial charge is 0.481 e. The number of nitrogens with zero attached hydrogens (tertiary/aromatic N) is 3. The second-order valence-corrected chi connectivity index (χ2v) is 13.1. The summed E-state index contributed by atoms with van der Waals surface area (Å²) in [6.07, 6.45) is -0.630. The van der Waals surface area contributed by atoms with Crippen LogP contribution in [0.1, 0.15) is 46.9 Å². The lowest BCUT2D eigenvalue weighted by Gasteiger charge is -2.14. The Morgan fingerprint density at radius 2 is 1.74 bits per heavy atom. The second kappa shape index (κ2) is 16.8. The Morgan fingerprint density at radius 3 is 2.35 bits per heavy atom. The standard InChI is InChI=1S/C25H28N4O12S2/c1-3-19(41-29(35)36)15-23(32)40-21-9-8-18(14-20(21)25(34)39-12-13-42-43(2,37)38)28-27-17-6-4-16(5-7-17)24(33)26-11-10-22(30)31/h4-9,14,19H,3,10-13,15H2,1-2H3,(H,26,33)(H,30,31)/b28-27+. The minimum Gasteiger partial charge on any atom is -0.481 e. The van der Waals surface area contributed by atoms with E-state index in [1.54, 1.807) is 6.92 Å². The number of carbonyl (C=O) groups is 4. The highest BCUT2D eigenvalue weighted by atomic mass is 33.1. The van der Waals surface area contributed by atoms with Crippen LogP contribution in [0.3, 0.4) is 0 Å². The molecule has 1 unspecified atom stereocenters. The molecule has 2 aromatic rings. The van der Waals surface area contributed by atoms with E-state index < -0.39 is 50.3 Å². The van der Waals surface area contributed by atoms with Crippen LogP contribution in [-0.2, 0) is 28.0 Å². The number of aliphatic carboxylic acids is 1. The van der Waals surface area contributed by atoms with Crippen molar-refractivity contribution in [1.29, 1.82) is 0 Å². The quantitative estimate of drug-likeness (QED) is 0.0480. The molecule has 43 heavy (non-hydrogen) atoms. The lowest BCUT2D eigenvalue weighted by molar-refractivity contribution is -0.768. The van der Waals surface area contributed by atoms with Crippen molar-refractivity contribution < 1.29 is 52.1 Å². The Kier molecular flexibility index (Phi) is 13.5. The molecule has 16 nitrogen and oxygen atoms in total. The van der Waals surface area contributed by atoms with Gasteiger partial charge in [0.15, 0.2) is 8.87 Å². The van der Waals surface area contributed by atoms with Gasteiger partial charge in [-0.15, -0.1) is 10.1 Å². The zero-order chi connectivity index (χ0) is 32.0. The second-order valence-electron chi connectivity index (χ2n) is 8.53. The molecule has 0 bridgehead atoms. The Balaban J connectivity index is 2.20. The lowest BCUT2D eigenvalue weighted by Crippen LogP contribution is -2.25. The van der Waals surface area contributed by atoms with E-state index in [0.29, 0.717) is 16.5 Å². The number of carboxylic acids is 1. The van der Waals surface area contributed by atoms with Crippen LogP contribution in [-0.4, -0.2) is 73.7 Å². The van der Waals surface area contributed by atoms with Crippen molar-refractivity contribution in [3.8, 4) is 5.75 Å². The molecule has 2 aromatic carbocycles. The molecule has 2 rings (SSSR count). The topological polar surface area (TPSA) is 230 Å². The average Bonchev–Trinajstić information content (AvgIpc) is 2.93. The number of esters is 2. The van der Waals surface area contributed by atoms with Crippen LogP contribution in [0.25, 0.3) is 0 Å². The van der Waals surface area contributed by atoms with Crippen molar-refractivity contribution in [3.05, 3.63) is 63.7 Å². The van der Waals surface area contributed by atoms with Crippen molar-refractivity contribution in [3.63, 3.8) is 0 Å². The van der Waals surface area contributed by atoms with Crippen molar-refractivity contribution >= 4 is 54.9 Å². The Bertz CT molecular complexity index is 1460. The summed E-state index contributed by atoms with van der Waals surface area (Å²) < 4.78 is 33.0. The highest BCUT2D eigenvalue weighted by Crippen LogP contribution is 2.28. The number of amides is 1. The predicted molar refractivity (Wildman–Crippen MR) is 152 cm³/mol. The first-order valence-corrected chi connectivity index (χ1v) is 15.9. The van der Waals surface area contributed by atoms with Crippen LogP contribution < -0.4 is 10.1 Å². The summed E-state index contributed by atoms with van der Waals surface area (Å²) in [6, 6.07) is 9.71. The first kappa shape index (κ1) is 34.6. The number of carboxylic acid groups (broad SMARTS) is 1. The van der Waals surface area contributed by atoms with Crippen molar-refractivity contribution in [2.45, 2.75) is 32.3 Å². The fraction of sp³-hybridized carbons (Fsp3) is 0.360. The minimum absolute atomic E-state index is 0.0336. The number of benzene rings is 2. The maximum Gasteiger partial charge on any atom is 0.342 e. The molecule has 1 atom stereocenters. The summed E-state index contributed by atoms with van der Waals surface area (Å²) in [5.74, 6) is -3.68. The maximum absolute atomic E-state index is 12.8. The predicted octanol–water partition coefficient (Wildman–Crippen LogP) is 3.44. The van der Waals surface area contributed by atoms with Gasteiger partial charge in [-0.05, 0) is 59.7 Å². The highest BCUT2D eigenvalue weighted by molar-refractivity contribution is 8.71. The summed E-state index contributed by atoms with van der Waals surface area (Å²) >= 11 is 0. The molecule has 0 radical (unpaired) electrons. The van der Waals surface area contributed by atoms with E-state index in [2.05, 4.69) is 20.4 Å². The molecule has 0 aromatic heterocycles. The summed E-state index contributed by atoms with van der Waals surface area (Å²) in [4.78, 5) is 62.9. The summed E-state index contributed by atoms with van der Waals surface area (Å²) in [6.45, 7) is 1.26. The third-order valence-electron chi connectivity index (χ3n) is 5.14. The molecule has 0 aliphatic rings. The molecule has 0 spiro atoms. The van der Waals surface area contributed by atoms with Gasteiger partial charge in [0.2, 0.25) is 0 Å². The van der Waals surface area contributed by atoms with E-state index in [1.807, 2.05) is 0 Å². The fourth-order valence-corrected chi connectivity index (χ4v) is 4.70. The Hall–Kier alpha value is -4.58. The fourth-order valence-electron chi connectivity index (χ4n) is 3.13. The summed E-state index contributed by atoms with van der Waals surface area (Å²) in [7, 11) is -2.79. The van der Waals surface area contributed by atoms with Crippen LogP contribution >= 0.6 is 10.8 Å². The summed E-state index contributed by atoms with van der Waals surface area (Å²) in [5, 5.41) is 28.8. The first-order chi connectivity index (χ1) is 20.3. The third kappa shape index (κ3) is 13.3. The van der Waals surface area contributed by atoms with E-state index in [0.717, 1.165) is 6.26 Å². The number of rotatable bonds is 17. The monoisotopic (exact) mass is 640 g/mol. The van der Waals surface area contributed by atoms with Gasteiger partial charge in [-0.3, -0.25) is 14.4 Å². The van der Waals surface area contributed by atoms with Crippen LogP contribution in [0.15, 0.2) is 52.7 Å². The molecular formula is C25H28N4O12S2. The van der Waals surface area contributed by atoms with Gasteiger partial charge >= 0.3 is 17.9 Å². The van der Waals surface area contributed by atoms with Gasteiger partial charge in [-0.1, -0.05) is 6.92 Å². The Labute approximate surface area is 249 Å². The number of hydrogen-bond donors (Lipinski definition) is 2. The van der Waals surface area contributed by atoms with E-state index >= 15 is 0 Å². The number of hydrogen-bond acceptors (Lipinski definition) is 14. The summed E-state index contributed by atoms with van der Waals surface area (Å²) in [5.41, 5.74) is 0.487. The number of nitrogens with one attached hydrogen (secondary N) is 1. The van der Waals surface area contributed by atoms with Gasteiger partial charge in [-0.25, -0.2) is 13.2 Å². The molecule has 18 heteroatoms. The van der Waals surface area contributed by atoms with Crippen molar-refractivity contribution in [1.82, 2.24) is 5.32 Å². The van der Waals surface area contributed by atoms with Crippen LogP contribution in [0.5, 0.6) is 5.75 Å². The SMILES string of the molecule is CCC(CC(=O)Oc1ccc(/N=N/c2ccc(C(=O)NCCC(=O)O)cc2)cc1C(=O)OCCSS(C)(=O)=O)O[N+](=O)[O-]. The van der Waals surface area contributed by atoms with Crippen molar-refractivity contribution in [2.24, 2.45) is 10.2 Å². The smallest absolute Gasteiger partial charge is 0.342 e. The first-order valence-electron chi connectivity index (χ1n) is 12.5. The number of ether oxygens (including phenoxy) is 2. The van der Waals surface area contributed by atoms with Gasteiger partial charge in [0, 0.05) is 24.1 Å². The molecule has 1 amide bonds. The molecule has 2 N–H and O–H groups in total. The maximum atomic E-state index is 12.8. The zero-order valence-corrected chi connectivity index (χ0v) is 24.6. The van der Waals surface area contributed by atoms with Gasteiger partial charge in [0.25, 0.3) is 11.0 Å². The third-order valence-corrected chi connectivity index (χ3v) is 7.69. The van der Waals surface area contributed by atoms with Gasteiger partial charge in [0.05, 0.1) is 24.2 Å². The number of azo groups is 1. The molecule has 0 aliphatic heterocycles. The van der Waals surface area contributed by atoms with Crippen LogP contribution in [0, 0.1) is 10.1 Å². The zero-order valence-electron chi connectivity index (χ0n) is 23.0. The lowest BCUT2D eigenvalue weighted by atomic mass is 10.1. The molecular weight excluding hydrogens is 612 g/mol. The van der Waals surface area contributed by atoms with Crippen LogP contribution in [0.4, 0.5) is 11.4 Å². The van der Waals surface area contributed by atoms with Gasteiger partial charge in [-0.2, -0.15) is 10.2 Å². The van der Waals surface area contributed by atoms with E-state index in [1.165, 1.54) is 42.5 Å². The number of carbonyl (C=O) groups excluding carboxylic acids is 3. The van der Waals surface area contributed by atoms with E-state index in [9.17, 15) is 37.7 Å². The molecule has 0 saturated heterocycles. The minimum atomic E-state index is -3.36. The highest BCUT2D eigenvalue weighted by Gasteiger charge is 2.22. The van der Waals surface area contributed by atoms with E-state index in [-0.39, 0.29) is 54.3 Å². The molecule has 0 fully saturated rings. The van der Waals surface area contributed by atoms with E-state index in [4.69, 9.17) is 14.6 Å².